The predicted octanol–water partition coefficient (Wildman–Crippen LogP) is 0.714. The van der Waals surface area contributed by atoms with Crippen LogP contribution in [0.25, 0.3) is 0 Å². The van der Waals surface area contributed by atoms with E-state index in [1.165, 1.54) is 11.0 Å². The van der Waals surface area contributed by atoms with E-state index < -0.39 is 18.0 Å². The summed E-state index contributed by atoms with van der Waals surface area (Å²) < 4.78 is 4.88. The van der Waals surface area contributed by atoms with Crippen LogP contribution in [0.4, 0.5) is 4.79 Å². The van der Waals surface area contributed by atoms with E-state index in [-0.39, 0.29) is 25.1 Å². The summed E-state index contributed by atoms with van der Waals surface area (Å²) in [6.07, 6.45) is 1.86. The Kier molecular flexibility index (Phi) is 2.38. The summed E-state index contributed by atoms with van der Waals surface area (Å²) in [4.78, 5) is 23.8. The topological polar surface area (TPSA) is 66.8 Å². The molecular weight excluding hydrogens is 198 g/mol. The number of piperidine rings is 1. The molecular formula is C10H13NO4. The first-order valence-corrected chi connectivity index (χ1v) is 4.92. The highest BCUT2D eigenvalue weighted by Gasteiger charge is 2.58. The van der Waals surface area contributed by atoms with Crippen LogP contribution >= 0.6 is 0 Å². The first-order chi connectivity index (χ1) is 7.15. The van der Waals surface area contributed by atoms with E-state index >= 15 is 0 Å². The fraction of sp³-hybridized carbons (Fsp3) is 0.600. The summed E-state index contributed by atoms with van der Waals surface area (Å²) in [5.74, 6) is -1.09. The molecule has 82 valence electrons. The van der Waals surface area contributed by atoms with Crippen molar-refractivity contribution in [3.05, 3.63) is 12.7 Å². The molecule has 3 unspecified atom stereocenters. The molecule has 1 heterocycles. The van der Waals surface area contributed by atoms with Crippen LogP contribution in [0.3, 0.4) is 0 Å². The van der Waals surface area contributed by atoms with Crippen LogP contribution in [0.2, 0.25) is 0 Å². The van der Waals surface area contributed by atoms with Gasteiger partial charge in [0.05, 0.1) is 5.92 Å². The van der Waals surface area contributed by atoms with Gasteiger partial charge < -0.3 is 14.7 Å². The number of carboxylic acids is 1. The van der Waals surface area contributed by atoms with Gasteiger partial charge in [0, 0.05) is 12.6 Å². The van der Waals surface area contributed by atoms with Crippen molar-refractivity contribution >= 4 is 12.1 Å². The molecule has 15 heavy (non-hydrogen) atoms. The van der Waals surface area contributed by atoms with E-state index in [2.05, 4.69) is 6.58 Å². The smallest absolute Gasteiger partial charge is 0.410 e. The lowest BCUT2D eigenvalue weighted by molar-refractivity contribution is -0.141. The molecule has 1 aliphatic carbocycles. The van der Waals surface area contributed by atoms with Crippen LogP contribution in [-0.2, 0) is 9.53 Å². The van der Waals surface area contributed by atoms with E-state index in [9.17, 15) is 9.59 Å². The van der Waals surface area contributed by atoms with Gasteiger partial charge in [0.1, 0.15) is 6.61 Å². The van der Waals surface area contributed by atoms with Crippen LogP contribution < -0.4 is 0 Å². The first-order valence-electron chi connectivity index (χ1n) is 4.92. The molecule has 1 saturated heterocycles. The standard InChI is InChI=1S/C10H13NO4/c1-2-3-15-10(14)11-5-7(9(12)13)6-4-8(6)11/h2,6-8H,1,3-5H2,(H,12,13). The largest absolute Gasteiger partial charge is 0.481 e. The zero-order valence-corrected chi connectivity index (χ0v) is 8.26. The summed E-state index contributed by atoms with van der Waals surface area (Å²) in [6, 6.07) is 0.0865. The highest BCUT2D eigenvalue weighted by atomic mass is 16.6. The van der Waals surface area contributed by atoms with Crippen molar-refractivity contribution in [2.45, 2.75) is 12.5 Å². The number of hydrogen-bond acceptors (Lipinski definition) is 3. The number of carbonyl (C=O) groups is 2. The van der Waals surface area contributed by atoms with Crippen LogP contribution in [0.1, 0.15) is 6.42 Å². The molecule has 5 nitrogen and oxygen atoms in total. The third-order valence-electron chi connectivity index (χ3n) is 2.99. The molecule has 0 bridgehead atoms. The average Bonchev–Trinajstić information content (AvgIpc) is 2.88. The number of hydrogen-bond donors (Lipinski definition) is 1. The fourth-order valence-electron chi connectivity index (χ4n) is 2.16. The molecule has 0 aromatic rings. The Morgan fingerprint density at radius 2 is 2.33 bits per heavy atom. The number of ether oxygens (including phenoxy) is 1. The molecule has 1 amide bonds. The molecule has 2 rings (SSSR count). The van der Waals surface area contributed by atoms with Gasteiger partial charge in [-0.1, -0.05) is 12.7 Å². The second kappa shape index (κ2) is 3.56. The second-order valence-electron chi connectivity index (χ2n) is 3.93. The molecule has 1 saturated carbocycles. The van der Waals surface area contributed by atoms with E-state index in [1.54, 1.807) is 0 Å². The van der Waals surface area contributed by atoms with Crippen molar-refractivity contribution in [1.82, 2.24) is 4.90 Å². The summed E-state index contributed by atoms with van der Waals surface area (Å²) in [7, 11) is 0. The summed E-state index contributed by atoms with van der Waals surface area (Å²) in [5.41, 5.74) is 0. The van der Waals surface area contributed by atoms with Crippen molar-refractivity contribution in [2.75, 3.05) is 13.2 Å². The third kappa shape index (κ3) is 1.69. The predicted molar refractivity (Wildman–Crippen MR) is 51.3 cm³/mol. The Labute approximate surface area is 87.3 Å². The molecule has 2 fully saturated rings. The number of amides is 1. The molecule has 1 N–H and O–H groups in total. The lowest BCUT2D eigenvalue weighted by Gasteiger charge is -2.18. The highest BCUT2D eigenvalue weighted by molar-refractivity contribution is 5.76. The Hall–Kier alpha value is -1.52. The molecule has 0 spiro atoms. The Bertz CT molecular complexity index is 315. The van der Waals surface area contributed by atoms with E-state index in [0.29, 0.717) is 0 Å². The molecule has 3 atom stereocenters. The molecule has 0 aromatic heterocycles. The highest BCUT2D eigenvalue weighted by Crippen LogP contribution is 2.48. The number of carbonyl (C=O) groups excluding carboxylic acids is 1. The second-order valence-corrected chi connectivity index (χ2v) is 3.93. The van der Waals surface area contributed by atoms with Gasteiger partial charge in [-0.3, -0.25) is 4.79 Å². The van der Waals surface area contributed by atoms with E-state index in [0.717, 1.165) is 6.42 Å². The number of nitrogens with zero attached hydrogens (tertiary/aromatic N) is 1. The minimum absolute atomic E-state index is 0.0865. The minimum Gasteiger partial charge on any atom is -0.481 e. The van der Waals surface area contributed by atoms with Gasteiger partial charge in [-0.25, -0.2) is 4.79 Å². The van der Waals surface area contributed by atoms with Crippen LogP contribution in [0.5, 0.6) is 0 Å². The van der Waals surface area contributed by atoms with Gasteiger partial charge in [0.2, 0.25) is 0 Å². The Balaban J connectivity index is 1.93. The van der Waals surface area contributed by atoms with Gasteiger partial charge in [0.25, 0.3) is 0 Å². The van der Waals surface area contributed by atoms with Gasteiger partial charge in [0.15, 0.2) is 0 Å². The number of fused-ring (bicyclic) bond motifs is 1. The van der Waals surface area contributed by atoms with Crippen molar-refractivity contribution in [1.29, 1.82) is 0 Å². The van der Waals surface area contributed by atoms with Gasteiger partial charge in [-0.15, -0.1) is 0 Å². The number of aliphatic carboxylic acids is 1. The maximum Gasteiger partial charge on any atom is 0.410 e. The Morgan fingerprint density at radius 1 is 1.60 bits per heavy atom. The zero-order valence-electron chi connectivity index (χ0n) is 8.26. The quantitative estimate of drug-likeness (QED) is 0.698. The maximum atomic E-state index is 11.5. The summed E-state index contributed by atoms with van der Waals surface area (Å²) in [6.45, 7) is 3.89. The molecule has 2 aliphatic rings. The minimum atomic E-state index is -0.818. The lowest BCUT2D eigenvalue weighted by atomic mass is 10.1. The first kappa shape index (κ1) is 10.0. The lowest BCUT2D eigenvalue weighted by Crippen LogP contribution is -2.34. The third-order valence-corrected chi connectivity index (χ3v) is 2.99. The van der Waals surface area contributed by atoms with Crippen molar-refractivity contribution in [3.8, 4) is 0 Å². The molecule has 5 heteroatoms. The monoisotopic (exact) mass is 211 g/mol. The molecule has 0 aromatic carbocycles. The Morgan fingerprint density at radius 3 is 2.87 bits per heavy atom. The normalized spacial score (nSPS) is 32.0. The number of rotatable bonds is 3. The van der Waals surface area contributed by atoms with Crippen molar-refractivity contribution in [3.63, 3.8) is 0 Å². The molecule has 0 radical (unpaired) electrons. The maximum absolute atomic E-state index is 11.5. The number of carboxylic acid groups (broad SMARTS) is 1. The number of likely N-dealkylation sites (tertiary alicyclic amines) is 1. The fourth-order valence-corrected chi connectivity index (χ4v) is 2.16. The molecule has 1 aliphatic heterocycles. The van der Waals surface area contributed by atoms with Crippen LogP contribution in [0, 0.1) is 11.8 Å². The van der Waals surface area contributed by atoms with Crippen molar-refractivity contribution in [2.24, 2.45) is 11.8 Å². The van der Waals surface area contributed by atoms with Gasteiger partial charge in [-0.2, -0.15) is 0 Å². The van der Waals surface area contributed by atoms with Crippen LogP contribution in [0.15, 0.2) is 12.7 Å². The van der Waals surface area contributed by atoms with Crippen LogP contribution in [-0.4, -0.2) is 41.3 Å². The van der Waals surface area contributed by atoms with Crippen molar-refractivity contribution < 1.29 is 19.4 Å². The SMILES string of the molecule is C=CCOC(=O)N1CC(C(=O)O)C2CC21. The average molecular weight is 211 g/mol. The zero-order chi connectivity index (χ0) is 11.0. The summed E-state index contributed by atoms with van der Waals surface area (Å²) >= 11 is 0. The van der Waals surface area contributed by atoms with Gasteiger partial charge in [-0.05, 0) is 12.3 Å². The van der Waals surface area contributed by atoms with E-state index in [4.69, 9.17) is 9.84 Å². The summed E-state index contributed by atoms with van der Waals surface area (Å²) in [5, 5.41) is 8.89. The van der Waals surface area contributed by atoms with Gasteiger partial charge >= 0.3 is 12.1 Å². The van der Waals surface area contributed by atoms with E-state index in [1.807, 2.05) is 0 Å².